The van der Waals surface area contributed by atoms with Gasteiger partial charge in [0.15, 0.2) is 0 Å². The highest BCUT2D eigenvalue weighted by Crippen LogP contribution is 2.32. The van der Waals surface area contributed by atoms with Crippen LogP contribution in [0.2, 0.25) is 0 Å². The molecule has 1 atom stereocenters. The Morgan fingerprint density at radius 3 is 2.48 bits per heavy atom. The standard InChI is InChI=1S/C19H27N3O3/c1-13(23)22-10-9-14-7-5-6-8-15(14)16(22)11-17(24)20-12-18(25)21-19(2,3)4/h5-8,16H,9-12H2,1-4H3,(H,20,24)(H,21,25). The summed E-state index contributed by atoms with van der Waals surface area (Å²) in [6.45, 7) is 7.72. The molecule has 1 aliphatic heterocycles. The van der Waals surface area contributed by atoms with Gasteiger partial charge in [0.25, 0.3) is 0 Å². The molecule has 2 rings (SSSR count). The molecule has 1 aliphatic rings. The molecule has 0 bridgehead atoms. The van der Waals surface area contributed by atoms with Gasteiger partial charge in [-0.2, -0.15) is 0 Å². The number of amides is 3. The van der Waals surface area contributed by atoms with E-state index >= 15 is 0 Å². The highest BCUT2D eigenvalue weighted by molar-refractivity contribution is 5.85. The van der Waals surface area contributed by atoms with Crippen molar-refractivity contribution in [3.8, 4) is 0 Å². The molecule has 1 unspecified atom stereocenters. The summed E-state index contributed by atoms with van der Waals surface area (Å²) in [6, 6.07) is 7.61. The Labute approximate surface area is 149 Å². The predicted octanol–water partition coefficient (Wildman–Crippen LogP) is 1.55. The normalized spacial score (nSPS) is 16.8. The zero-order valence-electron chi connectivity index (χ0n) is 15.4. The molecule has 0 aromatic heterocycles. The van der Waals surface area contributed by atoms with Gasteiger partial charge in [-0.1, -0.05) is 24.3 Å². The number of hydrogen-bond donors (Lipinski definition) is 2. The van der Waals surface area contributed by atoms with Crippen LogP contribution < -0.4 is 10.6 Å². The number of fused-ring (bicyclic) bond motifs is 1. The number of nitrogens with one attached hydrogen (secondary N) is 2. The summed E-state index contributed by atoms with van der Waals surface area (Å²) < 4.78 is 0. The monoisotopic (exact) mass is 345 g/mol. The number of carbonyl (C=O) groups excluding carboxylic acids is 3. The Kier molecular flexibility index (Phi) is 5.82. The first kappa shape index (κ1) is 19.0. The van der Waals surface area contributed by atoms with Crippen LogP contribution in [0.1, 0.15) is 51.3 Å². The molecule has 2 N–H and O–H groups in total. The first-order valence-corrected chi connectivity index (χ1v) is 8.60. The van der Waals surface area contributed by atoms with Gasteiger partial charge >= 0.3 is 0 Å². The molecule has 0 saturated heterocycles. The number of rotatable bonds is 4. The molecule has 0 fully saturated rings. The minimum Gasteiger partial charge on any atom is -0.350 e. The van der Waals surface area contributed by atoms with Crippen LogP contribution in [0.5, 0.6) is 0 Å². The summed E-state index contributed by atoms with van der Waals surface area (Å²) in [5, 5.41) is 5.46. The van der Waals surface area contributed by atoms with E-state index in [2.05, 4.69) is 10.6 Å². The van der Waals surface area contributed by atoms with Gasteiger partial charge in [-0.3, -0.25) is 14.4 Å². The highest BCUT2D eigenvalue weighted by Gasteiger charge is 2.30. The Bertz CT molecular complexity index is 664. The van der Waals surface area contributed by atoms with Crippen LogP contribution in [0.25, 0.3) is 0 Å². The van der Waals surface area contributed by atoms with Crippen LogP contribution in [0, 0.1) is 0 Å². The van der Waals surface area contributed by atoms with E-state index in [0.29, 0.717) is 6.54 Å². The molecular formula is C19H27N3O3. The second-order valence-corrected chi connectivity index (χ2v) is 7.46. The zero-order chi connectivity index (χ0) is 18.6. The minimum atomic E-state index is -0.338. The first-order chi connectivity index (χ1) is 11.7. The van der Waals surface area contributed by atoms with Gasteiger partial charge in [0.2, 0.25) is 17.7 Å². The first-order valence-electron chi connectivity index (χ1n) is 8.60. The van der Waals surface area contributed by atoms with Crippen molar-refractivity contribution in [3.63, 3.8) is 0 Å². The van der Waals surface area contributed by atoms with Gasteiger partial charge in [-0.25, -0.2) is 0 Å². The van der Waals surface area contributed by atoms with Gasteiger partial charge in [0.1, 0.15) is 0 Å². The Morgan fingerprint density at radius 2 is 1.84 bits per heavy atom. The molecule has 1 aromatic rings. The molecule has 1 aromatic carbocycles. The quantitative estimate of drug-likeness (QED) is 0.869. The SMILES string of the molecule is CC(=O)N1CCc2ccccc2C1CC(=O)NCC(=O)NC(C)(C)C. The number of carbonyl (C=O) groups is 3. The van der Waals surface area contributed by atoms with E-state index in [1.807, 2.05) is 45.0 Å². The topological polar surface area (TPSA) is 78.5 Å². The van der Waals surface area contributed by atoms with E-state index < -0.39 is 0 Å². The van der Waals surface area contributed by atoms with Crippen LogP contribution in [0.3, 0.4) is 0 Å². The third-order valence-corrected chi connectivity index (χ3v) is 4.16. The van der Waals surface area contributed by atoms with Crippen LogP contribution in [-0.4, -0.2) is 41.2 Å². The molecule has 0 spiro atoms. The maximum Gasteiger partial charge on any atom is 0.239 e. The van der Waals surface area contributed by atoms with Crippen LogP contribution in [-0.2, 0) is 20.8 Å². The number of benzene rings is 1. The molecule has 25 heavy (non-hydrogen) atoms. The van der Waals surface area contributed by atoms with E-state index in [-0.39, 0.29) is 42.3 Å². The molecule has 136 valence electrons. The maximum atomic E-state index is 12.3. The third-order valence-electron chi connectivity index (χ3n) is 4.16. The maximum absolute atomic E-state index is 12.3. The lowest BCUT2D eigenvalue weighted by Gasteiger charge is -2.36. The summed E-state index contributed by atoms with van der Waals surface area (Å²) in [6.07, 6.45) is 0.946. The van der Waals surface area contributed by atoms with Crippen molar-refractivity contribution in [2.75, 3.05) is 13.1 Å². The Balaban J connectivity index is 2.02. The lowest BCUT2D eigenvalue weighted by Crippen LogP contribution is -2.46. The van der Waals surface area contributed by atoms with E-state index in [1.165, 1.54) is 12.5 Å². The van der Waals surface area contributed by atoms with Crippen LogP contribution >= 0.6 is 0 Å². The number of nitrogens with zero attached hydrogens (tertiary/aromatic N) is 1. The Morgan fingerprint density at radius 1 is 1.16 bits per heavy atom. The minimum absolute atomic E-state index is 0.0437. The summed E-state index contributed by atoms with van der Waals surface area (Å²) in [4.78, 5) is 37.9. The van der Waals surface area contributed by atoms with Gasteiger partial charge in [-0.05, 0) is 38.3 Å². The lowest BCUT2D eigenvalue weighted by molar-refractivity contribution is -0.134. The molecule has 6 heteroatoms. The van der Waals surface area contributed by atoms with Crippen molar-refractivity contribution in [1.82, 2.24) is 15.5 Å². The van der Waals surface area contributed by atoms with Crippen molar-refractivity contribution in [3.05, 3.63) is 35.4 Å². The average molecular weight is 345 g/mol. The zero-order valence-corrected chi connectivity index (χ0v) is 15.4. The summed E-state index contributed by atoms with van der Waals surface area (Å²) >= 11 is 0. The second-order valence-electron chi connectivity index (χ2n) is 7.46. The van der Waals surface area contributed by atoms with Crippen molar-refractivity contribution in [2.45, 2.75) is 52.1 Å². The molecule has 0 saturated carbocycles. The summed E-state index contributed by atoms with van der Waals surface area (Å²) in [5.41, 5.74) is 1.84. The van der Waals surface area contributed by atoms with Crippen molar-refractivity contribution >= 4 is 17.7 Å². The fourth-order valence-electron chi connectivity index (χ4n) is 3.14. The number of hydrogen-bond acceptors (Lipinski definition) is 3. The average Bonchev–Trinajstić information content (AvgIpc) is 2.51. The molecule has 1 heterocycles. The fraction of sp³-hybridized carbons (Fsp3) is 0.526. The van der Waals surface area contributed by atoms with Crippen molar-refractivity contribution in [1.29, 1.82) is 0 Å². The third kappa shape index (κ3) is 5.31. The van der Waals surface area contributed by atoms with E-state index in [1.54, 1.807) is 4.90 Å². The molecule has 3 amide bonds. The molecule has 6 nitrogen and oxygen atoms in total. The lowest BCUT2D eigenvalue weighted by atomic mass is 9.90. The summed E-state index contributed by atoms with van der Waals surface area (Å²) in [5.74, 6) is -0.511. The van der Waals surface area contributed by atoms with Gasteiger partial charge in [0.05, 0.1) is 19.0 Å². The van der Waals surface area contributed by atoms with Crippen LogP contribution in [0.15, 0.2) is 24.3 Å². The molecule has 0 aliphatic carbocycles. The molecular weight excluding hydrogens is 318 g/mol. The smallest absolute Gasteiger partial charge is 0.239 e. The van der Waals surface area contributed by atoms with Gasteiger partial charge < -0.3 is 15.5 Å². The van der Waals surface area contributed by atoms with Gasteiger partial charge in [-0.15, -0.1) is 0 Å². The largest absolute Gasteiger partial charge is 0.350 e. The van der Waals surface area contributed by atoms with Crippen LogP contribution in [0.4, 0.5) is 0 Å². The van der Waals surface area contributed by atoms with Crippen molar-refractivity contribution < 1.29 is 14.4 Å². The van der Waals surface area contributed by atoms with E-state index in [0.717, 1.165) is 12.0 Å². The summed E-state index contributed by atoms with van der Waals surface area (Å²) in [7, 11) is 0. The van der Waals surface area contributed by atoms with Gasteiger partial charge in [0, 0.05) is 19.0 Å². The molecule has 0 radical (unpaired) electrons. The second kappa shape index (κ2) is 7.68. The fourth-order valence-corrected chi connectivity index (χ4v) is 3.14. The highest BCUT2D eigenvalue weighted by atomic mass is 16.2. The van der Waals surface area contributed by atoms with E-state index in [9.17, 15) is 14.4 Å². The Hall–Kier alpha value is -2.37. The van der Waals surface area contributed by atoms with Crippen molar-refractivity contribution in [2.24, 2.45) is 0 Å². The predicted molar refractivity (Wildman–Crippen MR) is 95.8 cm³/mol. The van der Waals surface area contributed by atoms with E-state index in [4.69, 9.17) is 0 Å².